The number of halogens is 3. The third-order valence-electron chi connectivity index (χ3n) is 4.14. The van der Waals surface area contributed by atoms with Gasteiger partial charge in [0, 0.05) is 35.6 Å². The van der Waals surface area contributed by atoms with Gasteiger partial charge in [0.05, 0.1) is 5.69 Å². The minimum atomic E-state index is -5.08. The molecule has 1 aliphatic heterocycles. The van der Waals surface area contributed by atoms with E-state index < -0.39 is 12.1 Å². The van der Waals surface area contributed by atoms with Crippen molar-refractivity contribution in [3.8, 4) is 11.3 Å². The van der Waals surface area contributed by atoms with Gasteiger partial charge in [0.2, 0.25) is 5.91 Å². The van der Waals surface area contributed by atoms with Gasteiger partial charge in [-0.15, -0.1) is 11.3 Å². The molecule has 0 bridgehead atoms. The number of amides is 1. The minimum absolute atomic E-state index is 0.0600. The summed E-state index contributed by atoms with van der Waals surface area (Å²) in [5.74, 6) is -2.82. The number of hydrogen-bond acceptors (Lipinski definition) is 6. The second-order valence-corrected chi connectivity index (χ2v) is 7.88. The van der Waals surface area contributed by atoms with Gasteiger partial charge in [0.25, 0.3) is 0 Å². The molecular formula is C19H23F3N4O3S. The van der Waals surface area contributed by atoms with E-state index in [9.17, 15) is 18.0 Å². The van der Waals surface area contributed by atoms with Gasteiger partial charge in [-0.25, -0.2) is 9.78 Å². The lowest BCUT2D eigenvalue weighted by molar-refractivity contribution is -0.192. The normalized spacial score (nSPS) is 16.2. The molecule has 30 heavy (non-hydrogen) atoms. The van der Waals surface area contributed by atoms with E-state index >= 15 is 0 Å². The van der Waals surface area contributed by atoms with E-state index in [0.29, 0.717) is 6.04 Å². The molecule has 0 aliphatic carbocycles. The van der Waals surface area contributed by atoms with Crippen LogP contribution in [-0.4, -0.2) is 47.3 Å². The number of alkyl halides is 3. The fourth-order valence-electron chi connectivity index (χ4n) is 2.79. The topological polar surface area (TPSA) is 103 Å². The molecule has 0 spiro atoms. The number of nitrogens with one attached hydrogen (secondary N) is 3. The molecule has 164 valence electrons. The Labute approximate surface area is 175 Å². The van der Waals surface area contributed by atoms with Crippen molar-refractivity contribution in [1.29, 1.82) is 0 Å². The highest BCUT2D eigenvalue weighted by atomic mass is 32.1. The van der Waals surface area contributed by atoms with Crippen molar-refractivity contribution in [2.75, 3.05) is 23.7 Å². The number of rotatable bonds is 4. The quantitative estimate of drug-likeness (QED) is 0.571. The van der Waals surface area contributed by atoms with Crippen LogP contribution in [0.5, 0.6) is 0 Å². The number of carboxylic acid groups (broad SMARTS) is 1. The number of carbonyl (C=O) groups excluding carboxylic acids is 1. The Hall–Kier alpha value is -2.66. The summed E-state index contributed by atoms with van der Waals surface area (Å²) in [7, 11) is 0. The molecule has 4 N–H and O–H groups in total. The lowest BCUT2D eigenvalue weighted by Crippen LogP contribution is -2.38. The van der Waals surface area contributed by atoms with E-state index in [1.54, 1.807) is 11.3 Å². The first-order chi connectivity index (χ1) is 14.1. The number of benzene rings is 1. The summed E-state index contributed by atoms with van der Waals surface area (Å²) in [5, 5.41) is 17.8. The van der Waals surface area contributed by atoms with Crippen molar-refractivity contribution in [2.45, 2.75) is 38.9 Å². The Morgan fingerprint density at radius 1 is 1.27 bits per heavy atom. The van der Waals surface area contributed by atoms with Crippen molar-refractivity contribution in [3.63, 3.8) is 0 Å². The molecule has 1 aromatic carbocycles. The fraction of sp³-hybridized carbons (Fsp3) is 0.421. The highest BCUT2D eigenvalue weighted by molar-refractivity contribution is 7.16. The molecule has 1 fully saturated rings. The summed E-state index contributed by atoms with van der Waals surface area (Å²) in [6.07, 6.45) is -2.69. The van der Waals surface area contributed by atoms with Crippen LogP contribution in [0.2, 0.25) is 0 Å². The zero-order valence-electron chi connectivity index (χ0n) is 16.5. The molecule has 1 unspecified atom stereocenters. The van der Waals surface area contributed by atoms with E-state index in [4.69, 9.17) is 14.9 Å². The van der Waals surface area contributed by atoms with E-state index in [1.807, 2.05) is 24.3 Å². The number of anilines is 2. The number of aliphatic carboxylic acids is 1. The molecule has 11 heteroatoms. The van der Waals surface area contributed by atoms with Crippen LogP contribution >= 0.6 is 11.3 Å². The summed E-state index contributed by atoms with van der Waals surface area (Å²) in [5.41, 5.74) is 2.89. The van der Waals surface area contributed by atoms with Gasteiger partial charge in [-0.3, -0.25) is 4.79 Å². The van der Waals surface area contributed by atoms with E-state index in [0.717, 1.165) is 35.2 Å². The third-order valence-corrected chi connectivity index (χ3v) is 5.04. The van der Waals surface area contributed by atoms with Gasteiger partial charge in [0.15, 0.2) is 5.13 Å². The molecule has 1 aromatic heterocycles. The first-order valence-corrected chi connectivity index (χ1v) is 10.0. The lowest BCUT2D eigenvalue weighted by Gasteiger charge is -2.23. The number of carboxylic acids is 1. The van der Waals surface area contributed by atoms with E-state index in [-0.39, 0.29) is 5.91 Å². The van der Waals surface area contributed by atoms with E-state index in [2.05, 4.69) is 22.9 Å². The van der Waals surface area contributed by atoms with Crippen molar-refractivity contribution in [1.82, 2.24) is 10.3 Å². The molecule has 1 saturated heterocycles. The molecular weight excluding hydrogens is 421 g/mol. The summed E-state index contributed by atoms with van der Waals surface area (Å²) in [4.78, 5) is 25.9. The Morgan fingerprint density at radius 3 is 2.40 bits per heavy atom. The number of thiazole rings is 1. The van der Waals surface area contributed by atoms with Gasteiger partial charge in [-0.2, -0.15) is 13.2 Å². The fourth-order valence-corrected chi connectivity index (χ4v) is 3.70. The predicted molar refractivity (Wildman–Crippen MR) is 110 cm³/mol. The molecule has 2 aromatic rings. The number of nitrogens with zero attached hydrogens (tertiary/aromatic N) is 1. The van der Waals surface area contributed by atoms with Gasteiger partial charge in [-0.05, 0) is 38.4 Å². The smallest absolute Gasteiger partial charge is 0.475 e. The summed E-state index contributed by atoms with van der Waals surface area (Å²) < 4.78 is 31.7. The van der Waals surface area contributed by atoms with Crippen LogP contribution in [0.3, 0.4) is 0 Å². The number of piperidine rings is 1. The standard InChI is InChI=1S/C17H22N4OS.C2HF3O2/c1-11-16(13-5-7-14(8-6-13)19-12(2)22)21-17(23-11)20-15-4-3-9-18-10-15;3-2(4,5)1(6)7/h5-8,15,18H,3-4,9-10H2,1-2H3,(H,19,22)(H,20,21);(H,6,7). The van der Waals surface area contributed by atoms with E-state index in [1.165, 1.54) is 24.6 Å². The molecule has 3 rings (SSSR count). The molecule has 1 amide bonds. The average molecular weight is 444 g/mol. The maximum absolute atomic E-state index is 11.1. The highest BCUT2D eigenvalue weighted by Crippen LogP contribution is 2.31. The first-order valence-electron chi connectivity index (χ1n) is 9.19. The Balaban J connectivity index is 0.000000396. The molecule has 7 nitrogen and oxygen atoms in total. The predicted octanol–water partition coefficient (Wildman–Crippen LogP) is 3.87. The number of carbonyl (C=O) groups is 2. The zero-order valence-corrected chi connectivity index (χ0v) is 17.3. The first kappa shape index (κ1) is 23.6. The largest absolute Gasteiger partial charge is 0.490 e. The van der Waals surface area contributed by atoms with Gasteiger partial charge >= 0.3 is 12.1 Å². The minimum Gasteiger partial charge on any atom is -0.475 e. The maximum atomic E-state index is 11.1. The second-order valence-electron chi connectivity index (χ2n) is 6.67. The van der Waals surface area contributed by atoms with Crippen LogP contribution in [0.4, 0.5) is 24.0 Å². The van der Waals surface area contributed by atoms with Crippen LogP contribution in [-0.2, 0) is 9.59 Å². The van der Waals surface area contributed by atoms with Crippen LogP contribution in [0.15, 0.2) is 24.3 Å². The van der Waals surface area contributed by atoms with Crippen LogP contribution < -0.4 is 16.0 Å². The number of aromatic nitrogens is 1. The van der Waals surface area contributed by atoms with Crippen molar-refractivity contribution >= 4 is 34.0 Å². The highest BCUT2D eigenvalue weighted by Gasteiger charge is 2.38. The molecule has 0 radical (unpaired) electrons. The Kier molecular flexibility index (Phi) is 8.18. The average Bonchev–Trinajstić information content (AvgIpc) is 3.02. The molecule has 1 atom stereocenters. The maximum Gasteiger partial charge on any atom is 0.490 e. The Bertz CT molecular complexity index is 863. The van der Waals surface area contributed by atoms with Crippen molar-refractivity contribution < 1.29 is 27.9 Å². The molecule has 2 heterocycles. The summed E-state index contributed by atoms with van der Waals surface area (Å²) >= 11 is 1.70. The number of aryl methyl sites for hydroxylation is 1. The third kappa shape index (κ3) is 7.30. The van der Waals surface area contributed by atoms with Crippen LogP contribution in [0, 0.1) is 6.92 Å². The zero-order chi connectivity index (χ0) is 22.3. The van der Waals surface area contributed by atoms with Gasteiger partial charge < -0.3 is 21.1 Å². The molecule has 0 saturated carbocycles. The summed E-state index contributed by atoms with van der Waals surface area (Å²) in [6, 6.07) is 8.28. The second kappa shape index (κ2) is 10.4. The Morgan fingerprint density at radius 2 is 1.90 bits per heavy atom. The molecule has 1 aliphatic rings. The van der Waals surface area contributed by atoms with Gasteiger partial charge in [0.1, 0.15) is 0 Å². The SMILES string of the molecule is CC(=O)Nc1ccc(-c2nc(NC3CCCNC3)sc2C)cc1.O=C(O)C(F)(F)F. The van der Waals surface area contributed by atoms with Gasteiger partial charge in [-0.1, -0.05) is 12.1 Å². The van der Waals surface area contributed by atoms with Crippen LogP contribution in [0.1, 0.15) is 24.6 Å². The summed E-state index contributed by atoms with van der Waals surface area (Å²) in [6.45, 7) is 5.72. The van der Waals surface area contributed by atoms with Crippen molar-refractivity contribution in [2.24, 2.45) is 0 Å². The lowest BCUT2D eigenvalue weighted by atomic mass is 10.1. The monoisotopic (exact) mass is 444 g/mol. The number of hydrogen-bond donors (Lipinski definition) is 4. The van der Waals surface area contributed by atoms with Crippen LogP contribution in [0.25, 0.3) is 11.3 Å². The van der Waals surface area contributed by atoms with Crippen molar-refractivity contribution in [3.05, 3.63) is 29.1 Å².